The highest BCUT2D eigenvalue weighted by Gasteiger charge is 2.07. The molecule has 0 radical (unpaired) electrons. The monoisotopic (exact) mass is 223 g/mol. The zero-order valence-corrected chi connectivity index (χ0v) is 10.3. The van der Waals surface area contributed by atoms with E-state index >= 15 is 0 Å². The summed E-state index contributed by atoms with van der Waals surface area (Å²) in [6.45, 7) is 7.87. The van der Waals surface area contributed by atoms with Crippen molar-refractivity contribution in [3.63, 3.8) is 0 Å². The highest BCUT2D eigenvalue weighted by Crippen LogP contribution is 2.24. The fraction of sp³-hybridized carbons (Fsp3) is 0.538. The van der Waals surface area contributed by atoms with E-state index in [2.05, 4.69) is 0 Å². The van der Waals surface area contributed by atoms with E-state index in [1.165, 1.54) is 5.56 Å². The van der Waals surface area contributed by atoms with Crippen molar-refractivity contribution in [3.8, 4) is 5.75 Å². The summed E-state index contributed by atoms with van der Waals surface area (Å²) in [6, 6.07) is 6.08. The summed E-state index contributed by atoms with van der Waals surface area (Å²) < 4.78 is 10.9. The van der Waals surface area contributed by atoms with E-state index < -0.39 is 0 Å². The van der Waals surface area contributed by atoms with Crippen LogP contribution < -0.4 is 10.5 Å². The molecule has 0 saturated carbocycles. The van der Waals surface area contributed by atoms with Crippen molar-refractivity contribution >= 4 is 0 Å². The van der Waals surface area contributed by atoms with Crippen molar-refractivity contribution in [1.29, 1.82) is 0 Å². The molecule has 1 atom stereocenters. The average Bonchev–Trinajstić information content (AvgIpc) is 2.24. The molecular formula is C13H21NO2. The van der Waals surface area contributed by atoms with Gasteiger partial charge in [-0.25, -0.2) is 0 Å². The predicted octanol–water partition coefficient (Wildman–Crippen LogP) is 2.43. The third kappa shape index (κ3) is 3.83. The van der Waals surface area contributed by atoms with E-state index in [-0.39, 0.29) is 6.04 Å². The van der Waals surface area contributed by atoms with Crippen molar-refractivity contribution in [3.05, 3.63) is 29.3 Å². The lowest BCUT2D eigenvalue weighted by molar-refractivity contribution is 0.109. The second-order valence-corrected chi connectivity index (χ2v) is 3.88. The van der Waals surface area contributed by atoms with E-state index in [1.807, 2.05) is 39.0 Å². The molecule has 0 bridgehead atoms. The standard InChI is InChI=1S/C13H21NO2/c1-4-15-7-8-16-13-9-10(2)5-6-12(13)11(3)14/h5-6,9,11H,4,7-8,14H2,1-3H3/t11-/m0/s1. The minimum atomic E-state index is -0.0114. The van der Waals surface area contributed by atoms with E-state index in [4.69, 9.17) is 15.2 Å². The van der Waals surface area contributed by atoms with Crippen molar-refractivity contribution < 1.29 is 9.47 Å². The van der Waals surface area contributed by atoms with Crippen molar-refractivity contribution in [2.75, 3.05) is 19.8 Å². The number of rotatable bonds is 6. The third-order valence-electron chi connectivity index (χ3n) is 2.35. The number of ether oxygens (including phenoxy) is 2. The summed E-state index contributed by atoms with van der Waals surface area (Å²) in [5.74, 6) is 0.870. The van der Waals surface area contributed by atoms with Gasteiger partial charge in [0.15, 0.2) is 0 Å². The number of nitrogens with two attached hydrogens (primary N) is 1. The van der Waals surface area contributed by atoms with Crippen LogP contribution in [0.25, 0.3) is 0 Å². The quantitative estimate of drug-likeness (QED) is 0.753. The van der Waals surface area contributed by atoms with Crippen LogP contribution in [-0.4, -0.2) is 19.8 Å². The lowest BCUT2D eigenvalue weighted by Crippen LogP contribution is -2.11. The Labute approximate surface area is 97.6 Å². The molecule has 0 amide bonds. The largest absolute Gasteiger partial charge is 0.491 e. The molecule has 0 heterocycles. The van der Waals surface area contributed by atoms with Crippen LogP contribution in [0.3, 0.4) is 0 Å². The molecule has 16 heavy (non-hydrogen) atoms. The molecule has 0 aliphatic rings. The number of hydrogen-bond acceptors (Lipinski definition) is 3. The lowest BCUT2D eigenvalue weighted by atomic mass is 10.1. The highest BCUT2D eigenvalue weighted by molar-refractivity contribution is 5.38. The van der Waals surface area contributed by atoms with Gasteiger partial charge in [0, 0.05) is 18.2 Å². The van der Waals surface area contributed by atoms with Gasteiger partial charge in [0.25, 0.3) is 0 Å². The Morgan fingerprint density at radius 3 is 2.69 bits per heavy atom. The highest BCUT2D eigenvalue weighted by atomic mass is 16.5. The Kier molecular flexibility index (Phi) is 5.29. The van der Waals surface area contributed by atoms with Gasteiger partial charge in [-0.1, -0.05) is 12.1 Å². The minimum Gasteiger partial charge on any atom is -0.491 e. The molecule has 1 aromatic rings. The first-order valence-corrected chi connectivity index (χ1v) is 5.71. The van der Waals surface area contributed by atoms with Crippen molar-refractivity contribution in [2.24, 2.45) is 5.73 Å². The van der Waals surface area contributed by atoms with Gasteiger partial charge >= 0.3 is 0 Å². The smallest absolute Gasteiger partial charge is 0.124 e. The molecule has 0 aromatic heterocycles. The SMILES string of the molecule is CCOCCOc1cc(C)ccc1[C@H](C)N. The fourth-order valence-corrected chi connectivity index (χ4v) is 1.50. The molecule has 1 aromatic carbocycles. The molecule has 0 aliphatic carbocycles. The lowest BCUT2D eigenvalue weighted by Gasteiger charge is -2.14. The van der Waals surface area contributed by atoms with Crippen LogP contribution in [0, 0.1) is 6.92 Å². The van der Waals surface area contributed by atoms with Gasteiger partial charge in [-0.05, 0) is 32.4 Å². The topological polar surface area (TPSA) is 44.5 Å². The van der Waals surface area contributed by atoms with Gasteiger partial charge in [-0.2, -0.15) is 0 Å². The molecule has 3 nitrogen and oxygen atoms in total. The molecular weight excluding hydrogens is 202 g/mol. The van der Waals surface area contributed by atoms with Crippen LogP contribution in [0.4, 0.5) is 0 Å². The Morgan fingerprint density at radius 1 is 1.31 bits per heavy atom. The van der Waals surface area contributed by atoms with Gasteiger partial charge in [-0.15, -0.1) is 0 Å². The Hall–Kier alpha value is -1.06. The summed E-state index contributed by atoms with van der Waals surface area (Å²) >= 11 is 0. The molecule has 0 unspecified atom stereocenters. The average molecular weight is 223 g/mol. The van der Waals surface area contributed by atoms with Crippen LogP contribution in [0.5, 0.6) is 5.75 Å². The Morgan fingerprint density at radius 2 is 2.06 bits per heavy atom. The predicted molar refractivity (Wildman–Crippen MR) is 65.8 cm³/mol. The summed E-state index contributed by atoms with van der Waals surface area (Å²) in [4.78, 5) is 0. The zero-order valence-electron chi connectivity index (χ0n) is 10.3. The molecule has 3 heteroatoms. The maximum absolute atomic E-state index is 5.88. The van der Waals surface area contributed by atoms with E-state index in [0.717, 1.165) is 17.9 Å². The van der Waals surface area contributed by atoms with Gasteiger partial charge in [-0.3, -0.25) is 0 Å². The molecule has 1 rings (SSSR count). The number of benzene rings is 1. The summed E-state index contributed by atoms with van der Waals surface area (Å²) in [5, 5.41) is 0. The molecule has 90 valence electrons. The van der Waals surface area contributed by atoms with Gasteiger partial charge in [0.1, 0.15) is 12.4 Å². The first kappa shape index (κ1) is 13.0. The van der Waals surface area contributed by atoms with Crippen LogP contribution in [-0.2, 0) is 4.74 Å². The second kappa shape index (κ2) is 6.51. The summed E-state index contributed by atoms with van der Waals surface area (Å²) in [6.07, 6.45) is 0. The molecule has 0 saturated heterocycles. The maximum Gasteiger partial charge on any atom is 0.124 e. The van der Waals surface area contributed by atoms with Gasteiger partial charge in [0.2, 0.25) is 0 Å². The first-order valence-electron chi connectivity index (χ1n) is 5.71. The van der Waals surface area contributed by atoms with Crippen molar-refractivity contribution in [1.82, 2.24) is 0 Å². The Bertz CT molecular complexity index is 324. The maximum atomic E-state index is 5.88. The number of hydrogen-bond donors (Lipinski definition) is 1. The van der Waals surface area contributed by atoms with Crippen molar-refractivity contribution in [2.45, 2.75) is 26.8 Å². The fourth-order valence-electron chi connectivity index (χ4n) is 1.50. The zero-order chi connectivity index (χ0) is 12.0. The van der Waals surface area contributed by atoms with Crippen LogP contribution in [0.1, 0.15) is 31.0 Å². The van der Waals surface area contributed by atoms with E-state index in [9.17, 15) is 0 Å². The summed E-state index contributed by atoms with van der Waals surface area (Å²) in [7, 11) is 0. The van der Waals surface area contributed by atoms with E-state index in [0.29, 0.717) is 13.2 Å². The van der Waals surface area contributed by atoms with E-state index in [1.54, 1.807) is 0 Å². The van der Waals surface area contributed by atoms with Crippen LogP contribution in [0.15, 0.2) is 18.2 Å². The normalized spacial score (nSPS) is 12.5. The second-order valence-electron chi connectivity index (χ2n) is 3.88. The summed E-state index contributed by atoms with van der Waals surface area (Å²) in [5.41, 5.74) is 8.10. The molecule has 0 aliphatic heterocycles. The van der Waals surface area contributed by atoms with Crippen LogP contribution in [0.2, 0.25) is 0 Å². The minimum absolute atomic E-state index is 0.0114. The van der Waals surface area contributed by atoms with Gasteiger partial charge in [0.05, 0.1) is 6.61 Å². The molecule has 0 fully saturated rings. The van der Waals surface area contributed by atoms with Crippen LogP contribution >= 0.6 is 0 Å². The Balaban J connectivity index is 2.65. The third-order valence-corrected chi connectivity index (χ3v) is 2.35. The molecule has 0 spiro atoms. The first-order chi connectivity index (χ1) is 7.65. The van der Waals surface area contributed by atoms with Gasteiger partial charge < -0.3 is 15.2 Å². The molecule has 2 N–H and O–H groups in total. The number of aryl methyl sites for hydroxylation is 1.